The van der Waals surface area contributed by atoms with Crippen LogP contribution >= 0.6 is 0 Å². The predicted molar refractivity (Wildman–Crippen MR) is 179 cm³/mol. The lowest BCUT2D eigenvalue weighted by molar-refractivity contribution is 0.0697. The lowest BCUT2D eigenvalue weighted by Gasteiger charge is -2.17. The van der Waals surface area contributed by atoms with Gasteiger partial charge in [-0.1, -0.05) is 30.3 Å². The summed E-state index contributed by atoms with van der Waals surface area (Å²) in [6.45, 7) is 0.130. The van der Waals surface area contributed by atoms with Gasteiger partial charge in [0.25, 0.3) is 5.91 Å². The van der Waals surface area contributed by atoms with E-state index in [-0.39, 0.29) is 51.5 Å². The number of amides is 1. The average molecular weight is 656 g/mol. The second kappa shape index (κ2) is 11.9. The van der Waals surface area contributed by atoms with E-state index in [1.807, 2.05) is 0 Å². The molecule has 1 aromatic heterocycles. The molecule has 1 amide bonds. The third-order valence-electron chi connectivity index (χ3n) is 8.18. The summed E-state index contributed by atoms with van der Waals surface area (Å²) in [6, 6.07) is 22.4. The Hall–Kier alpha value is -7.08. The van der Waals surface area contributed by atoms with Crippen LogP contribution in [-0.2, 0) is 6.54 Å². The van der Waals surface area contributed by atoms with E-state index < -0.39 is 23.4 Å². The number of aromatic carboxylic acids is 1. The highest BCUT2D eigenvalue weighted by Crippen LogP contribution is 2.43. The van der Waals surface area contributed by atoms with Gasteiger partial charge in [0.1, 0.15) is 22.8 Å². The number of benzene rings is 5. The van der Waals surface area contributed by atoms with Crippen molar-refractivity contribution in [1.29, 1.82) is 0 Å². The number of carbonyl (C=O) groups excluding carboxylic acids is 1. The van der Waals surface area contributed by atoms with Crippen molar-refractivity contribution in [2.75, 3.05) is 0 Å². The van der Waals surface area contributed by atoms with Gasteiger partial charge in [-0.15, -0.1) is 0 Å². The molecule has 2 aliphatic rings. The molecule has 0 bridgehead atoms. The molecule has 0 fully saturated rings. The van der Waals surface area contributed by atoms with Crippen LogP contribution in [0.15, 0.2) is 106 Å². The maximum absolute atomic E-state index is 13.2. The number of fused-ring (bicyclic) bond motifs is 2. The third-order valence-corrected chi connectivity index (χ3v) is 8.18. The minimum Gasteiger partial charge on any atom is -0.508 e. The summed E-state index contributed by atoms with van der Waals surface area (Å²) in [5.41, 5.74) is 3.93. The number of aromatic amines is 1. The molecular formula is C37H25N3O9. The van der Waals surface area contributed by atoms with Crippen molar-refractivity contribution < 1.29 is 39.5 Å². The van der Waals surface area contributed by atoms with E-state index in [1.54, 1.807) is 42.6 Å². The number of carboxylic acids is 1. The molecule has 1 aliphatic heterocycles. The molecule has 7 N–H and O–H groups in total. The summed E-state index contributed by atoms with van der Waals surface area (Å²) in [6.07, 6.45) is 1.56. The zero-order valence-corrected chi connectivity index (χ0v) is 25.3. The van der Waals surface area contributed by atoms with Crippen LogP contribution < -0.4 is 10.7 Å². The first kappa shape index (κ1) is 30.6. The standard InChI is InChI=1S/C37H25N3O9/c41-21-6-9-24-32(12-21)49-33-13-22(42)7-10-25(33)34(24)23-8-5-20(11-26(23)37(47)48)36(46)38-16-18-1-3-19(4-2-18)28-17-39-40-35(28)27-14-30(44)31(45)15-29(27)43/h1-15,17,41,43-45H,16H2,(H,38,46)(H,39,40)(H,47,48). The fourth-order valence-electron chi connectivity index (χ4n) is 5.79. The first-order chi connectivity index (χ1) is 23.6. The summed E-state index contributed by atoms with van der Waals surface area (Å²) < 4.78 is 5.87. The summed E-state index contributed by atoms with van der Waals surface area (Å²) in [5, 5.41) is 60.4. The van der Waals surface area contributed by atoms with Crippen LogP contribution in [0.4, 0.5) is 0 Å². The van der Waals surface area contributed by atoms with Crippen LogP contribution in [0.1, 0.15) is 26.3 Å². The molecule has 1 aliphatic carbocycles. The number of carbonyl (C=O) groups is 2. The van der Waals surface area contributed by atoms with Gasteiger partial charge in [-0.05, 0) is 59.2 Å². The van der Waals surface area contributed by atoms with Crippen LogP contribution in [0.2, 0.25) is 0 Å². The van der Waals surface area contributed by atoms with Crippen LogP contribution in [0, 0.1) is 0 Å². The van der Waals surface area contributed by atoms with E-state index in [4.69, 9.17) is 4.42 Å². The van der Waals surface area contributed by atoms with Gasteiger partial charge in [-0.2, -0.15) is 5.10 Å². The molecule has 0 saturated heterocycles. The fraction of sp³-hybridized carbons (Fsp3) is 0.0270. The number of nitrogens with zero attached hydrogens (tertiary/aromatic N) is 1. The second-order valence-corrected chi connectivity index (χ2v) is 11.3. The number of H-pyrrole nitrogens is 1. The molecule has 0 radical (unpaired) electrons. The van der Waals surface area contributed by atoms with Crippen molar-refractivity contribution in [3.63, 3.8) is 0 Å². The van der Waals surface area contributed by atoms with E-state index in [9.17, 15) is 39.9 Å². The quantitative estimate of drug-likeness (QED) is 0.0599. The third kappa shape index (κ3) is 5.63. The van der Waals surface area contributed by atoms with Crippen LogP contribution in [0.3, 0.4) is 0 Å². The van der Waals surface area contributed by atoms with Gasteiger partial charge < -0.3 is 35.3 Å². The molecule has 4 aromatic carbocycles. The Morgan fingerprint density at radius 3 is 2.29 bits per heavy atom. The molecule has 7 rings (SSSR count). The topological polar surface area (TPSA) is 206 Å². The molecule has 0 saturated carbocycles. The van der Waals surface area contributed by atoms with Gasteiger partial charge in [0.2, 0.25) is 0 Å². The number of rotatable bonds is 7. The van der Waals surface area contributed by atoms with Crippen molar-refractivity contribution >= 4 is 22.8 Å². The van der Waals surface area contributed by atoms with Crippen LogP contribution in [0.5, 0.6) is 23.0 Å². The molecule has 0 atom stereocenters. The highest BCUT2D eigenvalue weighted by Gasteiger charge is 2.23. The molecular weight excluding hydrogens is 630 g/mol. The van der Waals surface area contributed by atoms with Crippen molar-refractivity contribution in [2.45, 2.75) is 6.54 Å². The number of aromatic nitrogens is 2. The molecule has 0 unspecified atom stereocenters. The monoisotopic (exact) mass is 655 g/mol. The molecule has 49 heavy (non-hydrogen) atoms. The van der Waals surface area contributed by atoms with Gasteiger partial charge >= 0.3 is 5.97 Å². The summed E-state index contributed by atoms with van der Waals surface area (Å²) in [4.78, 5) is 37.8. The zero-order chi connectivity index (χ0) is 34.4. The summed E-state index contributed by atoms with van der Waals surface area (Å²) in [7, 11) is 0. The van der Waals surface area contributed by atoms with E-state index in [0.29, 0.717) is 33.3 Å². The lowest BCUT2D eigenvalue weighted by Crippen LogP contribution is -2.23. The van der Waals surface area contributed by atoms with Crippen molar-refractivity contribution in [3.05, 3.63) is 124 Å². The minimum atomic E-state index is -1.27. The van der Waals surface area contributed by atoms with Crippen LogP contribution in [-0.4, -0.2) is 47.6 Å². The Balaban J connectivity index is 1.15. The number of phenolic OH excluding ortho intramolecular Hbond substituents is 4. The number of aromatic hydroxyl groups is 4. The maximum Gasteiger partial charge on any atom is 0.336 e. The van der Waals surface area contributed by atoms with E-state index in [0.717, 1.165) is 17.2 Å². The minimum absolute atomic E-state index is 0.0679. The van der Waals surface area contributed by atoms with Crippen molar-refractivity contribution in [3.8, 4) is 67.8 Å². The number of hydrogen-bond donors (Lipinski definition) is 7. The Labute approximate surface area is 276 Å². The number of hydrogen-bond acceptors (Lipinski definition) is 9. The van der Waals surface area contributed by atoms with Crippen molar-refractivity contribution in [2.24, 2.45) is 0 Å². The number of phenols is 4. The fourth-order valence-corrected chi connectivity index (χ4v) is 5.79. The average Bonchev–Trinajstić information content (AvgIpc) is 3.57. The Morgan fingerprint density at radius 2 is 1.51 bits per heavy atom. The second-order valence-electron chi connectivity index (χ2n) is 11.3. The summed E-state index contributed by atoms with van der Waals surface area (Å²) >= 11 is 0. The first-order valence-corrected chi connectivity index (χ1v) is 14.8. The number of nitrogens with one attached hydrogen (secondary N) is 2. The highest BCUT2D eigenvalue weighted by molar-refractivity contribution is 6.09. The van der Waals surface area contributed by atoms with Gasteiger partial charge in [-0.25, -0.2) is 4.79 Å². The Bertz CT molecular complexity index is 2460. The number of carboxylic acid groups (broad SMARTS) is 1. The highest BCUT2D eigenvalue weighted by atomic mass is 16.4. The first-order valence-electron chi connectivity index (χ1n) is 14.8. The van der Waals surface area contributed by atoms with Gasteiger partial charge in [0.05, 0.1) is 17.5 Å². The predicted octanol–water partition coefficient (Wildman–Crippen LogP) is 6.07. The Morgan fingerprint density at radius 1 is 0.755 bits per heavy atom. The molecule has 0 spiro atoms. The van der Waals surface area contributed by atoms with Crippen LogP contribution in [0.25, 0.3) is 55.8 Å². The molecule has 12 heteroatoms. The van der Waals surface area contributed by atoms with Gasteiger partial charge in [0, 0.05) is 57.9 Å². The molecule has 2 heterocycles. The molecule has 12 nitrogen and oxygen atoms in total. The summed E-state index contributed by atoms with van der Waals surface area (Å²) in [5.74, 6) is -2.73. The van der Waals surface area contributed by atoms with Crippen molar-refractivity contribution in [1.82, 2.24) is 15.5 Å². The Kier molecular flexibility index (Phi) is 7.44. The van der Waals surface area contributed by atoms with E-state index in [2.05, 4.69) is 15.5 Å². The SMILES string of the molecule is O=C(NCc1ccc(-c2cn[nH]c2-c2cc(O)c(O)cc2O)cc1)c1ccc(-c2c3ccc(=O)cc-3oc3cc(O)ccc23)c(C(=O)O)c1. The van der Waals surface area contributed by atoms with Gasteiger partial charge in [0.15, 0.2) is 16.9 Å². The lowest BCUT2D eigenvalue weighted by atomic mass is 9.90. The molecule has 242 valence electrons. The smallest absolute Gasteiger partial charge is 0.336 e. The van der Waals surface area contributed by atoms with E-state index in [1.165, 1.54) is 48.5 Å². The van der Waals surface area contributed by atoms with Gasteiger partial charge in [-0.3, -0.25) is 14.7 Å². The molecule has 5 aromatic rings. The van der Waals surface area contributed by atoms with E-state index >= 15 is 0 Å². The zero-order valence-electron chi connectivity index (χ0n) is 25.3. The largest absolute Gasteiger partial charge is 0.508 e. The maximum atomic E-state index is 13.2. The normalized spacial score (nSPS) is 11.2.